The first kappa shape index (κ1) is 19.9. The highest BCUT2D eigenvalue weighted by atomic mass is 16.2. The van der Waals surface area contributed by atoms with Crippen LogP contribution < -0.4 is 10.2 Å². The number of fused-ring (bicyclic) bond motifs is 3. The minimum atomic E-state index is -0.775. The summed E-state index contributed by atoms with van der Waals surface area (Å²) in [5.41, 5.74) is 0.388. The molecule has 1 aromatic rings. The van der Waals surface area contributed by atoms with Gasteiger partial charge < -0.3 is 15.1 Å². The van der Waals surface area contributed by atoms with Crippen molar-refractivity contribution >= 4 is 23.4 Å². The fourth-order valence-electron chi connectivity index (χ4n) is 5.00. The van der Waals surface area contributed by atoms with Gasteiger partial charge in [0, 0.05) is 19.5 Å². The summed E-state index contributed by atoms with van der Waals surface area (Å²) in [7, 11) is 1.96. The van der Waals surface area contributed by atoms with E-state index in [9.17, 15) is 14.4 Å². The van der Waals surface area contributed by atoms with E-state index in [1.54, 1.807) is 21.9 Å². The van der Waals surface area contributed by atoms with E-state index >= 15 is 0 Å². The first-order valence-corrected chi connectivity index (χ1v) is 10.6. The van der Waals surface area contributed by atoms with Crippen LogP contribution in [0.2, 0.25) is 0 Å². The Hall–Kier alpha value is -2.41. The Morgan fingerprint density at radius 1 is 1.21 bits per heavy atom. The summed E-state index contributed by atoms with van der Waals surface area (Å²) >= 11 is 0. The molecule has 0 radical (unpaired) electrons. The number of para-hydroxylation sites is 1. The third-order valence-electron chi connectivity index (χ3n) is 6.81. The number of amides is 3. The molecule has 0 spiro atoms. The molecule has 156 valence electrons. The molecule has 0 saturated carbocycles. The first-order chi connectivity index (χ1) is 14.0. The van der Waals surface area contributed by atoms with E-state index in [0.29, 0.717) is 30.0 Å². The van der Waals surface area contributed by atoms with Crippen molar-refractivity contribution in [3.05, 3.63) is 29.8 Å². The minimum Gasteiger partial charge on any atom is -0.341 e. The fraction of sp³-hybridized carbons (Fsp3) is 0.591. The summed E-state index contributed by atoms with van der Waals surface area (Å²) < 4.78 is 0. The number of nitrogens with one attached hydrogen (secondary N) is 1. The zero-order valence-electron chi connectivity index (χ0n) is 17.3. The van der Waals surface area contributed by atoms with Crippen molar-refractivity contribution in [1.82, 2.24) is 15.1 Å². The third kappa shape index (κ3) is 3.41. The lowest BCUT2D eigenvalue weighted by Gasteiger charge is -2.48. The number of hydrogen-bond donors (Lipinski definition) is 1. The molecule has 2 saturated heterocycles. The van der Waals surface area contributed by atoms with Crippen LogP contribution >= 0.6 is 0 Å². The summed E-state index contributed by atoms with van der Waals surface area (Å²) in [6, 6.07) is 7.21. The lowest BCUT2D eigenvalue weighted by atomic mass is 9.93. The van der Waals surface area contributed by atoms with Crippen molar-refractivity contribution in [3.8, 4) is 0 Å². The number of likely N-dealkylation sites (tertiary alicyclic amines) is 1. The Labute approximate surface area is 172 Å². The van der Waals surface area contributed by atoms with Gasteiger partial charge in [0.25, 0.3) is 5.91 Å². The molecular weight excluding hydrogens is 368 g/mol. The van der Waals surface area contributed by atoms with Gasteiger partial charge >= 0.3 is 0 Å². The number of rotatable bonds is 5. The van der Waals surface area contributed by atoms with Gasteiger partial charge in [-0.15, -0.1) is 0 Å². The molecule has 3 aliphatic rings. The smallest absolute Gasteiger partial charge is 0.258 e. The maximum absolute atomic E-state index is 13.3. The summed E-state index contributed by atoms with van der Waals surface area (Å²) in [5, 5.41) is 3.19. The van der Waals surface area contributed by atoms with Crippen molar-refractivity contribution in [2.24, 2.45) is 5.92 Å². The molecule has 3 amide bonds. The van der Waals surface area contributed by atoms with Crippen LogP contribution in [0, 0.1) is 5.92 Å². The van der Waals surface area contributed by atoms with Crippen molar-refractivity contribution in [2.45, 2.75) is 44.7 Å². The van der Waals surface area contributed by atoms with Gasteiger partial charge in [0.1, 0.15) is 12.2 Å². The van der Waals surface area contributed by atoms with Crippen LogP contribution in [-0.4, -0.2) is 66.4 Å². The zero-order valence-corrected chi connectivity index (χ0v) is 17.3. The van der Waals surface area contributed by atoms with Crippen LogP contribution in [0.3, 0.4) is 0 Å². The van der Waals surface area contributed by atoms with Gasteiger partial charge in [-0.05, 0) is 64.3 Å². The molecular formula is C22H30N4O3. The average Bonchev–Trinajstić information content (AvgIpc) is 3.05. The number of carbonyl (C=O) groups is 3. The summed E-state index contributed by atoms with van der Waals surface area (Å²) in [6.07, 6.45) is 4.08. The molecule has 2 fully saturated rings. The predicted octanol–water partition coefficient (Wildman–Crippen LogP) is 1.83. The van der Waals surface area contributed by atoms with Gasteiger partial charge in [-0.1, -0.05) is 12.1 Å². The van der Waals surface area contributed by atoms with Gasteiger partial charge in [-0.2, -0.15) is 0 Å². The maximum Gasteiger partial charge on any atom is 0.258 e. The van der Waals surface area contributed by atoms with E-state index in [4.69, 9.17) is 0 Å². The topological polar surface area (TPSA) is 73.0 Å². The molecule has 7 nitrogen and oxygen atoms in total. The van der Waals surface area contributed by atoms with Gasteiger partial charge in [-0.3, -0.25) is 19.3 Å². The van der Waals surface area contributed by atoms with Gasteiger partial charge in [0.05, 0.1) is 11.3 Å². The molecule has 1 N–H and O–H groups in total. The number of piperidine rings is 1. The fourth-order valence-corrected chi connectivity index (χ4v) is 5.00. The first-order valence-electron chi connectivity index (χ1n) is 10.6. The van der Waals surface area contributed by atoms with Crippen LogP contribution in [0.1, 0.15) is 49.4 Å². The maximum atomic E-state index is 13.3. The predicted molar refractivity (Wildman–Crippen MR) is 110 cm³/mol. The van der Waals surface area contributed by atoms with E-state index in [1.807, 2.05) is 31.0 Å². The Kier molecular flexibility index (Phi) is 5.34. The van der Waals surface area contributed by atoms with Gasteiger partial charge in [0.2, 0.25) is 11.8 Å². The van der Waals surface area contributed by atoms with Crippen molar-refractivity contribution < 1.29 is 14.4 Å². The third-order valence-corrected chi connectivity index (χ3v) is 6.81. The lowest BCUT2D eigenvalue weighted by Crippen LogP contribution is -2.64. The molecule has 1 atom stereocenters. The Morgan fingerprint density at radius 2 is 1.93 bits per heavy atom. The molecule has 3 aliphatic heterocycles. The van der Waals surface area contributed by atoms with E-state index in [2.05, 4.69) is 5.32 Å². The van der Waals surface area contributed by atoms with Crippen LogP contribution in [0.25, 0.3) is 0 Å². The lowest BCUT2D eigenvalue weighted by molar-refractivity contribution is -0.134. The van der Waals surface area contributed by atoms with Crippen LogP contribution in [0.4, 0.5) is 5.69 Å². The second kappa shape index (κ2) is 7.78. The van der Waals surface area contributed by atoms with E-state index in [1.165, 1.54) is 0 Å². The van der Waals surface area contributed by atoms with E-state index in [0.717, 1.165) is 38.9 Å². The molecule has 1 unspecified atom stereocenters. The van der Waals surface area contributed by atoms with Crippen molar-refractivity contribution in [3.63, 3.8) is 0 Å². The highest BCUT2D eigenvalue weighted by Crippen LogP contribution is 2.43. The molecule has 29 heavy (non-hydrogen) atoms. The standard InChI is InChI=1S/C22H30N4O3/c1-22-11-7-19(27)26(22)18-6-4-3-5-17(18)21(29)25(22)15-20(28)24-13-9-16(10-14-24)8-12-23-2/h3-6,16,23H,7-15H2,1-2H3. The Morgan fingerprint density at radius 3 is 2.66 bits per heavy atom. The molecule has 0 bridgehead atoms. The van der Waals surface area contributed by atoms with Crippen LogP contribution in [-0.2, 0) is 9.59 Å². The summed E-state index contributed by atoms with van der Waals surface area (Å²) in [6.45, 7) is 4.41. The second-order valence-corrected chi connectivity index (χ2v) is 8.57. The van der Waals surface area contributed by atoms with Crippen molar-refractivity contribution in [2.75, 3.05) is 38.1 Å². The zero-order chi connectivity index (χ0) is 20.6. The molecule has 1 aromatic carbocycles. The van der Waals surface area contributed by atoms with Crippen LogP contribution in [0.15, 0.2) is 24.3 Å². The second-order valence-electron chi connectivity index (χ2n) is 8.57. The van der Waals surface area contributed by atoms with E-state index in [-0.39, 0.29) is 24.3 Å². The van der Waals surface area contributed by atoms with Crippen LogP contribution in [0.5, 0.6) is 0 Å². The number of benzene rings is 1. The molecule has 0 aromatic heterocycles. The largest absolute Gasteiger partial charge is 0.341 e. The number of hydrogen-bond acceptors (Lipinski definition) is 4. The molecule has 0 aliphatic carbocycles. The molecule has 3 heterocycles. The van der Waals surface area contributed by atoms with Gasteiger partial charge in [-0.25, -0.2) is 0 Å². The number of carbonyl (C=O) groups excluding carboxylic acids is 3. The highest BCUT2D eigenvalue weighted by Gasteiger charge is 2.53. The van der Waals surface area contributed by atoms with Crippen molar-refractivity contribution in [1.29, 1.82) is 0 Å². The summed E-state index contributed by atoms with van der Waals surface area (Å²) in [5.74, 6) is 0.474. The monoisotopic (exact) mass is 398 g/mol. The number of nitrogens with zero attached hydrogens (tertiary/aromatic N) is 3. The SMILES string of the molecule is CNCCC1CCN(C(=O)CN2C(=O)c3ccccc3N3C(=O)CCC23C)CC1. The quantitative estimate of drug-likeness (QED) is 0.821. The van der Waals surface area contributed by atoms with Gasteiger partial charge in [0.15, 0.2) is 0 Å². The number of anilines is 1. The average molecular weight is 399 g/mol. The molecule has 4 rings (SSSR count). The van der Waals surface area contributed by atoms with E-state index < -0.39 is 5.66 Å². The molecule has 7 heteroatoms. The normalized spacial score (nSPS) is 24.7. The Balaban J connectivity index is 1.51. The Bertz CT molecular complexity index is 818. The minimum absolute atomic E-state index is 0.00949. The summed E-state index contributed by atoms with van der Waals surface area (Å²) in [4.78, 5) is 44.2. The highest BCUT2D eigenvalue weighted by molar-refractivity contribution is 6.11.